The maximum atomic E-state index is 11.9. The molecule has 1 aliphatic heterocycles. The Balaban J connectivity index is 2.35. The van der Waals surface area contributed by atoms with E-state index < -0.39 is 11.5 Å². The van der Waals surface area contributed by atoms with Crippen molar-refractivity contribution in [2.24, 2.45) is 11.8 Å². The van der Waals surface area contributed by atoms with Gasteiger partial charge in [-0.1, -0.05) is 13.8 Å². The zero-order valence-corrected chi connectivity index (χ0v) is 12.7. The van der Waals surface area contributed by atoms with Gasteiger partial charge >= 0.3 is 5.97 Å². The van der Waals surface area contributed by atoms with Gasteiger partial charge in [0, 0.05) is 17.5 Å². The first-order valence-electron chi connectivity index (χ1n) is 6.76. The minimum absolute atomic E-state index is 0.0181. The Morgan fingerprint density at radius 2 is 2.30 bits per heavy atom. The van der Waals surface area contributed by atoms with Crippen LogP contribution in [0.2, 0.25) is 0 Å². The molecule has 2 heterocycles. The predicted molar refractivity (Wildman–Crippen MR) is 76.6 cm³/mol. The zero-order valence-electron chi connectivity index (χ0n) is 11.9. The summed E-state index contributed by atoms with van der Waals surface area (Å²) in [6.07, 6.45) is 2.52. The van der Waals surface area contributed by atoms with Crippen molar-refractivity contribution < 1.29 is 14.7 Å². The third kappa shape index (κ3) is 2.76. The molecule has 1 aliphatic rings. The van der Waals surface area contributed by atoms with E-state index in [4.69, 9.17) is 0 Å². The molecule has 0 saturated carbocycles. The van der Waals surface area contributed by atoms with Gasteiger partial charge in [0.05, 0.1) is 6.04 Å². The number of hydrogen-bond acceptors (Lipinski definition) is 5. The SMILES string of the molecule is CC(=O)[C@@H]1C[C@@](CC(C)C)(C(=O)O)N[C@H]1c1nccs1. The lowest BCUT2D eigenvalue weighted by molar-refractivity contribution is -0.145. The topological polar surface area (TPSA) is 79.3 Å². The van der Waals surface area contributed by atoms with Crippen molar-refractivity contribution in [1.29, 1.82) is 0 Å². The monoisotopic (exact) mass is 296 g/mol. The van der Waals surface area contributed by atoms with E-state index in [0.717, 1.165) is 5.01 Å². The van der Waals surface area contributed by atoms with E-state index >= 15 is 0 Å². The first kappa shape index (κ1) is 15.1. The number of thiazole rings is 1. The summed E-state index contributed by atoms with van der Waals surface area (Å²) in [6, 6.07) is -0.289. The van der Waals surface area contributed by atoms with Gasteiger partial charge < -0.3 is 5.11 Å². The molecule has 20 heavy (non-hydrogen) atoms. The van der Waals surface area contributed by atoms with Crippen LogP contribution in [0.5, 0.6) is 0 Å². The van der Waals surface area contributed by atoms with E-state index in [1.807, 2.05) is 19.2 Å². The smallest absolute Gasteiger partial charge is 0.323 e. The highest BCUT2D eigenvalue weighted by Crippen LogP contribution is 2.42. The first-order chi connectivity index (χ1) is 9.35. The van der Waals surface area contributed by atoms with E-state index in [1.54, 1.807) is 6.20 Å². The van der Waals surface area contributed by atoms with Gasteiger partial charge in [0.25, 0.3) is 0 Å². The number of carboxylic acids is 1. The van der Waals surface area contributed by atoms with E-state index in [2.05, 4.69) is 10.3 Å². The fourth-order valence-corrected chi connectivity index (χ4v) is 3.78. The van der Waals surface area contributed by atoms with E-state index in [-0.39, 0.29) is 23.7 Å². The molecule has 1 aromatic heterocycles. The Kier molecular flexibility index (Phi) is 4.25. The third-order valence-corrected chi connectivity index (χ3v) is 4.67. The minimum atomic E-state index is -1.03. The Labute approximate surface area is 122 Å². The molecule has 2 rings (SSSR count). The molecule has 0 spiro atoms. The van der Waals surface area contributed by atoms with Crippen LogP contribution in [0.25, 0.3) is 0 Å². The average Bonchev–Trinajstić information content (AvgIpc) is 2.94. The molecule has 6 heteroatoms. The Bertz CT molecular complexity index is 501. The molecule has 1 saturated heterocycles. The molecule has 3 atom stereocenters. The maximum absolute atomic E-state index is 11.9. The van der Waals surface area contributed by atoms with Crippen molar-refractivity contribution in [3.63, 3.8) is 0 Å². The summed E-state index contributed by atoms with van der Waals surface area (Å²) in [7, 11) is 0. The number of aliphatic carboxylic acids is 1. The number of Topliss-reactive ketones (excluding diaryl/α,β-unsaturated/α-hetero) is 1. The van der Waals surface area contributed by atoms with Crippen LogP contribution in [0.1, 0.15) is 44.7 Å². The lowest BCUT2D eigenvalue weighted by atomic mass is 9.83. The van der Waals surface area contributed by atoms with Crippen molar-refractivity contribution in [2.45, 2.75) is 45.2 Å². The van der Waals surface area contributed by atoms with Crippen LogP contribution >= 0.6 is 11.3 Å². The number of carboxylic acid groups (broad SMARTS) is 1. The molecular weight excluding hydrogens is 276 g/mol. The number of aromatic nitrogens is 1. The van der Waals surface area contributed by atoms with Gasteiger partial charge in [-0.25, -0.2) is 4.98 Å². The van der Waals surface area contributed by atoms with Gasteiger partial charge in [0.2, 0.25) is 0 Å². The van der Waals surface area contributed by atoms with Crippen LogP contribution < -0.4 is 5.32 Å². The van der Waals surface area contributed by atoms with Crippen molar-refractivity contribution in [3.05, 3.63) is 16.6 Å². The normalized spacial score (nSPS) is 29.8. The summed E-state index contributed by atoms with van der Waals surface area (Å²) in [5.74, 6) is -0.946. The van der Waals surface area contributed by atoms with E-state index in [9.17, 15) is 14.7 Å². The second-order valence-electron chi connectivity index (χ2n) is 5.90. The predicted octanol–water partition coefficient (Wildman–Crippen LogP) is 2.25. The fraction of sp³-hybridized carbons (Fsp3) is 0.643. The van der Waals surface area contributed by atoms with Crippen LogP contribution in [0.3, 0.4) is 0 Å². The van der Waals surface area contributed by atoms with Crippen molar-refractivity contribution in [1.82, 2.24) is 10.3 Å². The van der Waals surface area contributed by atoms with Gasteiger partial charge in [-0.15, -0.1) is 11.3 Å². The molecule has 0 amide bonds. The highest BCUT2D eigenvalue weighted by molar-refractivity contribution is 7.09. The highest BCUT2D eigenvalue weighted by Gasteiger charge is 2.52. The first-order valence-corrected chi connectivity index (χ1v) is 7.64. The molecular formula is C14H20N2O3S. The maximum Gasteiger partial charge on any atom is 0.323 e. The fourth-order valence-electron chi connectivity index (χ4n) is 3.03. The van der Waals surface area contributed by atoms with Crippen molar-refractivity contribution >= 4 is 23.1 Å². The lowest BCUT2D eigenvalue weighted by Crippen LogP contribution is -2.49. The third-order valence-electron chi connectivity index (χ3n) is 3.81. The van der Waals surface area contributed by atoms with Crippen LogP contribution in [-0.2, 0) is 9.59 Å². The molecule has 0 unspecified atom stereocenters. The number of nitrogens with zero attached hydrogens (tertiary/aromatic N) is 1. The van der Waals surface area contributed by atoms with Crippen molar-refractivity contribution in [2.75, 3.05) is 0 Å². The van der Waals surface area contributed by atoms with Crippen molar-refractivity contribution in [3.8, 4) is 0 Å². The number of carbonyl (C=O) groups excluding carboxylic acids is 1. The van der Waals surface area contributed by atoms with Crippen LogP contribution in [0.4, 0.5) is 0 Å². The van der Waals surface area contributed by atoms with Crippen LogP contribution in [0.15, 0.2) is 11.6 Å². The summed E-state index contributed by atoms with van der Waals surface area (Å²) in [5.41, 5.74) is -1.03. The molecule has 1 fully saturated rings. The number of hydrogen-bond donors (Lipinski definition) is 2. The van der Waals surface area contributed by atoms with Crippen LogP contribution in [0, 0.1) is 11.8 Å². The number of carbonyl (C=O) groups is 2. The highest BCUT2D eigenvalue weighted by atomic mass is 32.1. The molecule has 0 aliphatic carbocycles. The van der Waals surface area contributed by atoms with Gasteiger partial charge in [-0.3, -0.25) is 14.9 Å². The second-order valence-corrected chi connectivity index (χ2v) is 6.82. The number of rotatable bonds is 5. The van der Waals surface area contributed by atoms with Gasteiger partial charge in [0.15, 0.2) is 0 Å². The van der Waals surface area contributed by atoms with Crippen LogP contribution in [-0.4, -0.2) is 27.4 Å². The molecule has 5 nitrogen and oxygen atoms in total. The molecule has 0 bridgehead atoms. The number of nitrogens with one attached hydrogen (secondary N) is 1. The number of ketones is 1. The van der Waals surface area contributed by atoms with Gasteiger partial charge in [-0.05, 0) is 25.7 Å². The molecule has 0 radical (unpaired) electrons. The summed E-state index contributed by atoms with van der Waals surface area (Å²) >= 11 is 1.45. The average molecular weight is 296 g/mol. The zero-order chi connectivity index (χ0) is 14.9. The minimum Gasteiger partial charge on any atom is -0.480 e. The lowest BCUT2D eigenvalue weighted by Gasteiger charge is -2.27. The Morgan fingerprint density at radius 3 is 2.75 bits per heavy atom. The summed E-state index contributed by atoms with van der Waals surface area (Å²) in [6.45, 7) is 5.51. The molecule has 1 aromatic rings. The summed E-state index contributed by atoms with van der Waals surface area (Å²) in [4.78, 5) is 27.9. The Hall–Kier alpha value is -1.27. The van der Waals surface area contributed by atoms with E-state index in [1.165, 1.54) is 18.3 Å². The van der Waals surface area contributed by atoms with Gasteiger partial charge in [0.1, 0.15) is 16.3 Å². The quantitative estimate of drug-likeness (QED) is 0.871. The Morgan fingerprint density at radius 1 is 1.60 bits per heavy atom. The summed E-state index contributed by atoms with van der Waals surface area (Å²) in [5, 5.41) is 15.5. The van der Waals surface area contributed by atoms with Gasteiger partial charge in [-0.2, -0.15) is 0 Å². The molecule has 2 N–H and O–H groups in total. The van der Waals surface area contributed by atoms with E-state index in [0.29, 0.717) is 12.8 Å². The largest absolute Gasteiger partial charge is 0.480 e. The standard InChI is InChI=1S/C14H20N2O3S/c1-8(2)6-14(13(18)19)7-10(9(3)17)11(16-14)12-15-4-5-20-12/h4-5,8,10-11,16H,6-7H2,1-3H3,(H,18,19)/t10-,11+,14-/m0/s1. The molecule has 0 aromatic carbocycles. The summed E-state index contributed by atoms with van der Waals surface area (Å²) < 4.78 is 0. The molecule has 110 valence electrons. The second kappa shape index (κ2) is 5.61.